The third-order valence-corrected chi connectivity index (χ3v) is 6.22. The number of carbonyl (C=O) groups excluding carboxylic acids is 2. The highest BCUT2D eigenvalue weighted by Gasteiger charge is 2.11. The number of nitrogens with zero attached hydrogens (tertiary/aromatic N) is 2. The summed E-state index contributed by atoms with van der Waals surface area (Å²) >= 11 is 4.34. The highest BCUT2D eigenvalue weighted by Crippen LogP contribution is 2.29. The highest BCUT2D eigenvalue weighted by molar-refractivity contribution is 14.1. The fourth-order valence-corrected chi connectivity index (χ4v) is 4.99. The van der Waals surface area contributed by atoms with E-state index in [2.05, 4.69) is 67.1 Å². The van der Waals surface area contributed by atoms with E-state index in [4.69, 9.17) is 10.00 Å². The lowest BCUT2D eigenvalue weighted by atomic mass is 10.1. The Morgan fingerprint density at radius 1 is 1.03 bits per heavy atom. The van der Waals surface area contributed by atoms with Crippen LogP contribution in [-0.2, 0) is 16.2 Å². The van der Waals surface area contributed by atoms with Crippen molar-refractivity contribution in [3.8, 4) is 11.8 Å². The van der Waals surface area contributed by atoms with Crippen molar-refractivity contribution in [2.24, 2.45) is 5.10 Å². The van der Waals surface area contributed by atoms with E-state index in [1.807, 2.05) is 24.3 Å². The van der Waals surface area contributed by atoms with E-state index in [9.17, 15) is 14.0 Å². The Labute approximate surface area is 229 Å². The van der Waals surface area contributed by atoms with Gasteiger partial charge >= 0.3 is 0 Å². The minimum absolute atomic E-state index is 0.0736. The molecule has 0 fully saturated rings. The topological polar surface area (TPSA) is 104 Å². The first-order valence-corrected chi connectivity index (χ1v) is 12.5. The summed E-state index contributed by atoms with van der Waals surface area (Å²) in [4.78, 5) is 23.9. The Bertz CT molecular complexity index is 1270. The summed E-state index contributed by atoms with van der Waals surface area (Å²) in [5.41, 5.74) is 4.78. The molecule has 2 N–H and O–H groups in total. The van der Waals surface area contributed by atoms with E-state index in [1.54, 1.807) is 18.2 Å². The number of nitriles is 1. The highest BCUT2D eigenvalue weighted by atomic mass is 127. The van der Waals surface area contributed by atoms with Gasteiger partial charge in [-0.15, -0.1) is 0 Å². The molecule has 178 valence electrons. The van der Waals surface area contributed by atoms with Gasteiger partial charge in [0.25, 0.3) is 0 Å². The number of halogens is 3. The third-order valence-electron chi connectivity index (χ3n) is 4.62. The van der Waals surface area contributed by atoms with Crippen molar-refractivity contribution in [1.82, 2.24) is 5.43 Å². The molecule has 0 aliphatic carbocycles. The van der Waals surface area contributed by atoms with Crippen molar-refractivity contribution in [2.45, 2.75) is 19.4 Å². The van der Waals surface area contributed by atoms with Gasteiger partial charge in [-0.3, -0.25) is 9.59 Å². The number of ether oxygens (including phenoxy) is 1. The Balaban J connectivity index is 1.48. The van der Waals surface area contributed by atoms with Crippen molar-refractivity contribution in [3.63, 3.8) is 0 Å². The van der Waals surface area contributed by atoms with Gasteiger partial charge in [0.2, 0.25) is 11.8 Å². The zero-order chi connectivity index (χ0) is 25.2. The van der Waals surface area contributed by atoms with Gasteiger partial charge in [-0.25, -0.2) is 9.82 Å². The SMILES string of the molecule is N#Cc1ccc(COc2c(I)cc(C=NNC(=O)CCC(=O)Nc3ccccc3F)cc2I)cc1. The summed E-state index contributed by atoms with van der Waals surface area (Å²) in [6.45, 7) is 0.367. The molecule has 0 bridgehead atoms. The summed E-state index contributed by atoms with van der Waals surface area (Å²) in [5, 5.41) is 15.3. The molecule has 0 atom stereocenters. The van der Waals surface area contributed by atoms with E-state index in [-0.39, 0.29) is 18.5 Å². The number of amides is 2. The minimum atomic E-state index is -0.537. The molecule has 0 radical (unpaired) electrons. The number of nitrogens with one attached hydrogen (secondary N) is 2. The van der Waals surface area contributed by atoms with Crippen LogP contribution in [0.25, 0.3) is 0 Å². The molecule has 0 saturated heterocycles. The smallest absolute Gasteiger partial charge is 0.240 e. The normalized spacial score (nSPS) is 10.6. The summed E-state index contributed by atoms with van der Waals surface area (Å²) in [6.07, 6.45) is 1.32. The number of para-hydroxylation sites is 1. The zero-order valence-electron chi connectivity index (χ0n) is 18.2. The van der Waals surface area contributed by atoms with Gasteiger partial charge in [0.1, 0.15) is 18.2 Å². The number of benzene rings is 3. The van der Waals surface area contributed by atoms with E-state index in [1.165, 1.54) is 24.4 Å². The first-order chi connectivity index (χ1) is 16.9. The van der Waals surface area contributed by atoms with Crippen LogP contribution in [0.5, 0.6) is 5.75 Å². The number of anilines is 1. The zero-order valence-corrected chi connectivity index (χ0v) is 22.5. The van der Waals surface area contributed by atoms with E-state index in [0.29, 0.717) is 12.2 Å². The van der Waals surface area contributed by atoms with Crippen LogP contribution in [0.3, 0.4) is 0 Å². The van der Waals surface area contributed by atoms with Crippen LogP contribution < -0.4 is 15.5 Å². The molecule has 0 spiro atoms. The molecule has 0 aliphatic heterocycles. The first-order valence-electron chi connectivity index (χ1n) is 10.3. The summed E-state index contributed by atoms with van der Waals surface area (Å²) in [5.74, 6) is -0.700. The van der Waals surface area contributed by atoms with Crippen LogP contribution in [0.2, 0.25) is 0 Å². The van der Waals surface area contributed by atoms with Crippen LogP contribution in [0, 0.1) is 24.3 Å². The molecule has 0 saturated carbocycles. The number of rotatable bonds is 9. The lowest BCUT2D eigenvalue weighted by Crippen LogP contribution is -2.21. The molecule has 10 heteroatoms. The van der Waals surface area contributed by atoms with Gasteiger partial charge in [0.15, 0.2) is 0 Å². The summed E-state index contributed by atoms with van der Waals surface area (Å²) in [6, 6.07) is 18.9. The van der Waals surface area contributed by atoms with E-state index in [0.717, 1.165) is 24.0 Å². The molecule has 0 aliphatic rings. The minimum Gasteiger partial charge on any atom is -0.487 e. The molecule has 7 nitrogen and oxygen atoms in total. The van der Waals surface area contributed by atoms with Gasteiger partial charge in [0, 0.05) is 12.8 Å². The van der Waals surface area contributed by atoms with Crippen molar-refractivity contribution < 1.29 is 18.7 Å². The average Bonchev–Trinajstić information content (AvgIpc) is 2.84. The second-order valence-corrected chi connectivity index (χ2v) is 9.56. The van der Waals surface area contributed by atoms with Gasteiger partial charge in [-0.1, -0.05) is 24.3 Å². The molecule has 0 unspecified atom stereocenters. The fourth-order valence-electron chi connectivity index (χ4n) is 2.86. The number of carbonyl (C=O) groups is 2. The molecule has 3 rings (SSSR count). The molecule has 0 heterocycles. The predicted molar refractivity (Wildman–Crippen MR) is 147 cm³/mol. The Kier molecular flexibility index (Phi) is 9.98. The Hall–Kier alpha value is -3.05. The van der Waals surface area contributed by atoms with Gasteiger partial charge < -0.3 is 10.1 Å². The molecule has 3 aromatic rings. The van der Waals surface area contributed by atoms with Crippen molar-refractivity contribution in [2.75, 3.05) is 5.32 Å². The lowest BCUT2D eigenvalue weighted by molar-refractivity contribution is -0.124. The lowest BCUT2D eigenvalue weighted by Gasteiger charge is -2.11. The molecule has 2 amide bonds. The second kappa shape index (κ2) is 13.1. The van der Waals surface area contributed by atoms with Crippen LogP contribution in [-0.4, -0.2) is 18.0 Å². The van der Waals surface area contributed by atoms with Gasteiger partial charge in [-0.2, -0.15) is 10.4 Å². The maximum absolute atomic E-state index is 13.6. The molecular weight excluding hydrogens is 677 g/mol. The van der Waals surface area contributed by atoms with Crippen molar-refractivity contribution >= 4 is 68.9 Å². The largest absolute Gasteiger partial charge is 0.487 e. The van der Waals surface area contributed by atoms with Crippen molar-refractivity contribution in [3.05, 3.63) is 90.3 Å². The molecule has 35 heavy (non-hydrogen) atoms. The average molecular weight is 696 g/mol. The molecular formula is C25H19FI2N4O3. The first kappa shape index (κ1) is 26.6. The predicted octanol–water partition coefficient (Wildman–Crippen LogP) is 5.35. The maximum Gasteiger partial charge on any atom is 0.240 e. The standard InChI is InChI=1S/C25H19FI2N4O3/c26-19-3-1-2-4-22(19)31-23(33)9-10-24(34)32-30-14-18-11-20(27)25(21(28)12-18)35-15-17-7-5-16(13-29)6-8-17/h1-8,11-12,14H,9-10,15H2,(H,31,33)(H,32,34). The summed E-state index contributed by atoms with van der Waals surface area (Å²) in [7, 11) is 0. The number of hydrogen-bond acceptors (Lipinski definition) is 5. The van der Waals surface area contributed by atoms with E-state index < -0.39 is 17.6 Å². The summed E-state index contributed by atoms with van der Waals surface area (Å²) < 4.78 is 21.3. The number of hydrogen-bond donors (Lipinski definition) is 2. The van der Waals surface area contributed by atoms with E-state index >= 15 is 0 Å². The van der Waals surface area contributed by atoms with Crippen LogP contribution in [0.15, 0.2) is 65.8 Å². The van der Waals surface area contributed by atoms with Crippen LogP contribution in [0.4, 0.5) is 10.1 Å². The second-order valence-electron chi connectivity index (χ2n) is 7.23. The van der Waals surface area contributed by atoms with Crippen molar-refractivity contribution in [1.29, 1.82) is 5.26 Å². The molecule has 3 aromatic carbocycles. The molecule has 0 aromatic heterocycles. The van der Waals surface area contributed by atoms with Crippen LogP contribution in [0.1, 0.15) is 29.5 Å². The number of hydrazone groups is 1. The quantitative estimate of drug-likeness (QED) is 0.179. The maximum atomic E-state index is 13.6. The Morgan fingerprint density at radius 3 is 2.34 bits per heavy atom. The van der Waals surface area contributed by atoms with Gasteiger partial charge in [-0.05, 0) is 92.7 Å². The fraction of sp³-hybridized carbons (Fsp3) is 0.120. The third kappa shape index (κ3) is 8.29. The van der Waals surface area contributed by atoms with Crippen LogP contribution >= 0.6 is 45.2 Å². The Morgan fingerprint density at radius 2 is 1.69 bits per heavy atom. The van der Waals surface area contributed by atoms with Gasteiger partial charge in [0.05, 0.1) is 30.7 Å². The monoisotopic (exact) mass is 696 g/mol.